The molecule has 1 spiro atoms. The molecule has 20 heavy (non-hydrogen) atoms. The molecular formula is C15H15BrN2O2. The van der Waals surface area contributed by atoms with Crippen LogP contribution in [0, 0.1) is 18.8 Å². The maximum atomic E-state index is 12.6. The Morgan fingerprint density at radius 2 is 2.20 bits per heavy atom. The fourth-order valence-corrected chi connectivity index (χ4v) is 4.89. The van der Waals surface area contributed by atoms with Crippen molar-refractivity contribution >= 4 is 21.8 Å². The first-order valence-electron chi connectivity index (χ1n) is 6.91. The van der Waals surface area contributed by atoms with Crippen LogP contribution in [0.1, 0.15) is 35.3 Å². The van der Waals surface area contributed by atoms with Crippen LogP contribution in [-0.4, -0.2) is 10.5 Å². The highest BCUT2D eigenvalue weighted by atomic mass is 79.9. The van der Waals surface area contributed by atoms with Crippen molar-refractivity contribution in [2.45, 2.75) is 31.8 Å². The summed E-state index contributed by atoms with van der Waals surface area (Å²) in [4.78, 5) is 25.0. The van der Waals surface area contributed by atoms with Gasteiger partial charge in [-0.15, -0.1) is 0 Å². The van der Waals surface area contributed by atoms with Crippen LogP contribution in [-0.2, 0) is 5.66 Å². The van der Waals surface area contributed by atoms with Crippen molar-refractivity contribution in [2.24, 2.45) is 11.8 Å². The molecule has 3 atom stereocenters. The minimum absolute atomic E-state index is 0.141. The number of carbonyl (C=O) groups is 1. The smallest absolute Gasteiger partial charge is 0.270 e. The SMILES string of the molecule is C=C1C2CCC(C2)C12NC(=O)c1c(C)cc(Br)c(=O)n12. The number of aromatic nitrogens is 1. The van der Waals surface area contributed by atoms with Gasteiger partial charge >= 0.3 is 0 Å². The molecule has 104 valence electrons. The summed E-state index contributed by atoms with van der Waals surface area (Å²) >= 11 is 3.32. The van der Waals surface area contributed by atoms with Crippen molar-refractivity contribution in [1.29, 1.82) is 0 Å². The van der Waals surface area contributed by atoms with Gasteiger partial charge < -0.3 is 5.32 Å². The molecule has 1 aliphatic heterocycles. The zero-order chi connectivity index (χ0) is 14.2. The van der Waals surface area contributed by atoms with Gasteiger partial charge in [0.25, 0.3) is 11.5 Å². The number of aryl methyl sites for hydroxylation is 1. The van der Waals surface area contributed by atoms with Gasteiger partial charge in [0.1, 0.15) is 11.4 Å². The monoisotopic (exact) mass is 334 g/mol. The van der Waals surface area contributed by atoms with Crippen molar-refractivity contribution in [3.05, 3.63) is 44.3 Å². The van der Waals surface area contributed by atoms with Crippen molar-refractivity contribution in [3.63, 3.8) is 0 Å². The lowest BCUT2D eigenvalue weighted by Crippen LogP contribution is -2.52. The lowest BCUT2D eigenvalue weighted by molar-refractivity contribution is 0.0903. The Balaban J connectivity index is 2.09. The summed E-state index contributed by atoms with van der Waals surface area (Å²) in [7, 11) is 0. The number of hydrogen-bond donors (Lipinski definition) is 1. The zero-order valence-electron chi connectivity index (χ0n) is 11.2. The minimum atomic E-state index is -0.680. The second-order valence-electron chi connectivity index (χ2n) is 6.12. The fraction of sp³-hybridized carbons (Fsp3) is 0.467. The summed E-state index contributed by atoms with van der Waals surface area (Å²) in [5.41, 5.74) is 1.49. The third-order valence-corrected chi connectivity index (χ3v) is 5.79. The number of nitrogens with one attached hydrogen (secondary N) is 1. The number of halogens is 1. The largest absolute Gasteiger partial charge is 0.324 e. The minimum Gasteiger partial charge on any atom is -0.324 e. The van der Waals surface area contributed by atoms with E-state index in [0.29, 0.717) is 16.1 Å². The molecule has 1 N–H and O–H groups in total. The Kier molecular flexibility index (Phi) is 2.25. The van der Waals surface area contributed by atoms with Crippen molar-refractivity contribution in [1.82, 2.24) is 9.88 Å². The highest BCUT2D eigenvalue weighted by Gasteiger charge is 2.60. The van der Waals surface area contributed by atoms with E-state index in [4.69, 9.17) is 0 Å². The summed E-state index contributed by atoms with van der Waals surface area (Å²) in [6, 6.07) is 1.72. The van der Waals surface area contributed by atoms with Crippen LogP contribution in [0.5, 0.6) is 0 Å². The van der Waals surface area contributed by atoms with Gasteiger partial charge in [-0.05, 0) is 65.2 Å². The molecule has 0 saturated heterocycles. The number of amides is 1. The summed E-state index contributed by atoms with van der Waals surface area (Å²) in [6.07, 6.45) is 3.19. The van der Waals surface area contributed by atoms with Crippen LogP contribution in [0.15, 0.2) is 27.5 Å². The number of carbonyl (C=O) groups excluding carboxylic acids is 1. The number of fused-ring (bicyclic) bond motifs is 5. The lowest BCUT2D eigenvalue weighted by Gasteiger charge is -2.37. The van der Waals surface area contributed by atoms with E-state index in [-0.39, 0.29) is 17.4 Å². The number of nitrogens with zero attached hydrogens (tertiary/aromatic N) is 1. The zero-order valence-corrected chi connectivity index (χ0v) is 12.8. The van der Waals surface area contributed by atoms with E-state index in [9.17, 15) is 9.59 Å². The van der Waals surface area contributed by atoms with E-state index in [2.05, 4.69) is 27.8 Å². The molecule has 2 fully saturated rings. The first-order valence-corrected chi connectivity index (χ1v) is 7.70. The van der Waals surface area contributed by atoms with Crippen LogP contribution < -0.4 is 10.9 Å². The molecule has 2 heterocycles. The molecule has 2 aliphatic carbocycles. The van der Waals surface area contributed by atoms with Crippen LogP contribution in [0.2, 0.25) is 0 Å². The van der Waals surface area contributed by atoms with Crippen molar-refractivity contribution < 1.29 is 4.79 Å². The number of rotatable bonds is 0. The highest BCUT2D eigenvalue weighted by molar-refractivity contribution is 9.10. The predicted molar refractivity (Wildman–Crippen MR) is 78.6 cm³/mol. The third kappa shape index (κ3) is 1.18. The van der Waals surface area contributed by atoms with E-state index >= 15 is 0 Å². The van der Waals surface area contributed by atoms with Crippen LogP contribution in [0.25, 0.3) is 0 Å². The van der Waals surface area contributed by atoms with Crippen LogP contribution in [0.4, 0.5) is 0 Å². The van der Waals surface area contributed by atoms with E-state index in [1.165, 1.54) is 0 Å². The molecule has 3 unspecified atom stereocenters. The van der Waals surface area contributed by atoms with E-state index in [1.54, 1.807) is 10.6 Å². The number of hydrogen-bond acceptors (Lipinski definition) is 2. The highest BCUT2D eigenvalue weighted by Crippen LogP contribution is 2.57. The van der Waals surface area contributed by atoms with Crippen LogP contribution in [0.3, 0.4) is 0 Å². The molecule has 1 aromatic heterocycles. The maximum Gasteiger partial charge on any atom is 0.270 e. The Hall–Kier alpha value is -1.36. The van der Waals surface area contributed by atoms with Crippen LogP contribution >= 0.6 is 15.9 Å². The van der Waals surface area contributed by atoms with Gasteiger partial charge in [-0.25, -0.2) is 0 Å². The van der Waals surface area contributed by atoms with E-state index in [1.807, 2.05) is 6.92 Å². The molecule has 1 aromatic rings. The fourth-order valence-electron chi connectivity index (χ4n) is 4.37. The Bertz CT molecular complexity index is 736. The van der Waals surface area contributed by atoms with E-state index < -0.39 is 5.66 Å². The van der Waals surface area contributed by atoms with Gasteiger partial charge in [0.15, 0.2) is 0 Å². The quantitative estimate of drug-likeness (QED) is 0.740. The lowest BCUT2D eigenvalue weighted by atomic mass is 9.85. The third-order valence-electron chi connectivity index (χ3n) is 5.23. The topological polar surface area (TPSA) is 51.1 Å². The van der Waals surface area contributed by atoms with Gasteiger partial charge in [0, 0.05) is 5.92 Å². The molecule has 0 radical (unpaired) electrons. The standard InChI is InChI=1S/C15H15BrN2O2/c1-7-5-11(16)14(20)18-12(7)13(19)17-15(18)8(2)9-3-4-10(15)6-9/h5,9-10H,2-4,6H2,1H3,(H,17,19). The summed E-state index contributed by atoms with van der Waals surface area (Å²) in [5.74, 6) is 0.565. The van der Waals surface area contributed by atoms with Gasteiger partial charge in [0.05, 0.1) is 4.47 Å². The second-order valence-corrected chi connectivity index (χ2v) is 6.97. The Morgan fingerprint density at radius 3 is 2.85 bits per heavy atom. The van der Waals surface area contributed by atoms with Gasteiger partial charge in [-0.1, -0.05) is 6.58 Å². The van der Waals surface area contributed by atoms with Crippen molar-refractivity contribution in [2.75, 3.05) is 0 Å². The molecule has 4 nitrogen and oxygen atoms in total. The second kappa shape index (κ2) is 3.64. The summed E-state index contributed by atoms with van der Waals surface area (Å²) < 4.78 is 2.17. The first kappa shape index (κ1) is 12.4. The first-order chi connectivity index (χ1) is 9.46. The predicted octanol–water partition coefficient (Wildman–Crippen LogP) is 2.30. The molecule has 3 aliphatic rings. The van der Waals surface area contributed by atoms with Gasteiger partial charge in [-0.2, -0.15) is 0 Å². The molecule has 1 amide bonds. The Morgan fingerprint density at radius 1 is 1.45 bits per heavy atom. The molecule has 0 aromatic carbocycles. The van der Waals surface area contributed by atoms with E-state index in [0.717, 1.165) is 30.4 Å². The normalized spacial score (nSPS) is 33.9. The van der Waals surface area contributed by atoms with Crippen molar-refractivity contribution in [3.8, 4) is 0 Å². The number of pyridine rings is 1. The summed E-state index contributed by atoms with van der Waals surface area (Å²) in [6.45, 7) is 6.08. The summed E-state index contributed by atoms with van der Waals surface area (Å²) in [5, 5.41) is 3.09. The molecule has 2 saturated carbocycles. The molecule has 4 rings (SSSR count). The molecular weight excluding hydrogens is 320 g/mol. The molecule has 2 bridgehead atoms. The van der Waals surface area contributed by atoms with Gasteiger partial charge in [-0.3, -0.25) is 14.2 Å². The average molecular weight is 335 g/mol. The van der Waals surface area contributed by atoms with Gasteiger partial charge in [0.2, 0.25) is 0 Å². The maximum absolute atomic E-state index is 12.6. The average Bonchev–Trinajstić information content (AvgIpc) is 3.03. The molecule has 5 heteroatoms. The Labute approximate surface area is 125 Å².